The van der Waals surface area contributed by atoms with Crippen LogP contribution in [0.5, 0.6) is 5.75 Å². The molecule has 0 aliphatic carbocycles. The Balaban J connectivity index is 2.76. The first-order valence-corrected chi connectivity index (χ1v) is 7.79. The smallest absolute Gasteiger partial charge is 0.404 e. The Bertz CT molecular complexity index is 1020. The van der Waals surface area contributed by atoms with Gasteiger partial charge < -0.3 is 9.92 Å². The number of hydrogen-bond donors (Lipinski definition) is 1. The van der Waals surface area contributed by atoms with Crippen LogP contribution >= 0.6 is 0 Å². The summed E-state index contributed by atoms with van der Waals surface area (Å²) in [5, 5.41) is 3.81. The van der Waals surface area contributed by atoms with Gasteiger partial charge in [0.05, 0.1) is 12.8 Å². The fourth-order valence-electron chi connectivity index (χ4n) is 1.89. The summed E-state index contributed by atoms with van der Waals surface area (Å²) in [6.45, 7) is 7.03. The molecule has 0 aromatic carbocycles. The number of fused-ring (bicyclic) bond motifs is 1. The SMILES string of the molecule is [C-]#[N+]c1cnn2cc(C(C=NC)=CN)cc(OS(=O)(=O)C(F)(F)F)c12. The highest BCUT2D eigenvalue weighted by molar-refractivity contribution is 7.88. The Morgan fingerprint density at radius 1 is 1.52 bits per heavy atom. The lowest BCUT2D eigenvalue weighted by atomic mass is 10.1. The van der Waals surface area contributed by atoms with Gasteiger partial charge in [-0.05, 0) is 6.07 Å². The number of nitrogens with zero attached hydrogens (tertiary/aromatic N) is 4. The van der Waals surface area contributed by atoms with Crippen LogP contribution in [0.15, 0.2) is 29.7 Å². The van der Waals surface area contributed by atoms with Crippen LogP contribution in [0.3, 0.4) is 0 Å². The van der Waals surface area contributed by atoms with Gasteiger partial charge >= 0.3 is 15.6 Å². The van der Waals surface area contributed by atoms with E-state index in [-0.39, 0.29) is 22.3 Å². The van der Waals surface area contributed by atoms with Crippen molar-refractivity contribution in [2.75, 3.05) is 7.05 Å². The van der Waals surface area contributed by atoms with Gasteiger partial charge in [0.25, 0.3) is 0 Å². The number of allylic oxidation sites excluding steroid dienone is 1. The van der Waals surface area contributed by atoms with Crippen molar-refractivity contribution in [2.24, 2.45) is 10.7 Å². The molecule has 0 bridgehead atoms. The molecule has 132 valence electrons. The molecule has 0 unspecified atom stereocenters. The molecule has 0 spiro atoms. The van der Waals surface area contributed by atoms with Gasteiger partial charge in [0, 0.05) is 36.8 Å². The minimum Gasteiger partial charge on any atom is -0.404 e. The van der Waals surface area contributed by atoms with Crippen LogP contribution in [0, 0.1) is 6.57 Å². The highest BCUT2D eigenvalue weighted by atomic mass is 32.2. The summed E-state index contributed by atoms with van der Waals surface area (Å²) in [5.74, 6) is -0.706. The lowest BCUT2D eigenvalue weighted by Gasteiger charge is -2.12. The van der Waals surface area contributed by atoms with E-state index in [1.165, 1.54) is 19.5 Å². The van der Waals surface area contributed by atoms with Crippen molar-refractivity contribution in [1.82, 2.24) is 9.61 Å². The summed E-state index contributed by atoms with van der Waals surface area (Å²) in [7, 11) is -4.49. The Hall–Kier alpha value is -3.07. The van der Waals surface area contributed by atoms with Crippen LogP contribution in [0.1, 0.15) is 5.56 Å². The van der Waals surface area contributed by atoms with Crippen molar-refractivity contribution in [1.29, 1.82) is 0 Å². The van der Waals surface area contributed by atoms with Gasteiger partial charge in [-0.25, -0.2) is 9.36 Å². The van der Waals surface area contributed by atoms with E-state index in [4.69, 9.17) is 12.3 Å². The maximum atomic E-state index is 12.6. The van der Waals surface area contributed by atoms with Gasteiger partial charge in [-0.1, -0.05) is 0 Å². The Kier molecular flexibility index (Phi) is 4.71. The Labute approximate surface area is 140 Å². The molecule has 25 heavy (non-hydrogen) atoms. The summed E-state index contributed by atoms with van der Waals surface area (Å²) in [6.07, 6.45) is 4.84. The maximum Gasteiger partial charge on any atom is 0.534 e. The van der Waals surface area contributed by atoms with E-state index >= 15 is 0 Å². The first kappa shape index (κ1) is 18.3. The molecule has 0 saturated heterocycles. The van der Waals surface area contributed by atoms with E-state index in [1.54, 1.807) is 0 Å². The minimum absolute atomic E-state index is 0.179. The number of aromatic nitrogens is 2. The molecule has 2 aromatic heterocycles. The average molecular weight is 373 g/mol. The molecule has 0 atom stereocenters. The molecule has 2 aromatic rings. The standard InChI is InChI=1S/C13H10F3N5O3S/c1-18-5-9(4-17)8-3-11(24-25(22,23)13(14,15)16)12-10(19-2)6-20-21(12)7-8/h3-7H,17H2,1H3. The van der Waals surface area contributed by atoms with E-state index in [2.05, 4.69) is 19.1 Å². The van der Waals surface area contributed by atoms with E-state index in [9.17, 15) is 21.6 Å². The zero-order valence-electron chi connectivity index (χ0n) is 12.5. The lowest BCUT2D eigenvalue weighted by Crippen LogP contribution is -2.28. The summed E-state index contributed by atoms with van der Waals surface area (Å²) < 4.78 is 65.8. The molecule has 0 aliphatic rings. The van der Waals surface area contributed by atoms with Crippen molar-refractivity contribution in [3.63, 3.8) is 0 Å². The van der Waals surface area contributed by atoms with Gasteiger partial charge in [-0.15, -0.1) is 0 Å². The van der Waals surface area contributed by atoms with Crippen molar-refractivity contribution in [3.8, 4) is 5.75 Å². The normalized spacial score (nSPS) is 13.3. The predicted octanol–water partition coefficient (Wildman–Crippen LogP) is 2.11. The van der Waals surface area contributed by atoms with Gasteiger partial charge in [-0.2, -0.15) is 26.7 Å². The zero-order chi connectivity index (χ0) is 18.8. The Morgan fingerprint density at radius 2 is 2.20 bits per heavy atom. The van der Waals surface area contributed by atoms with Gasteiger partial charge in [0.2, 0.25) is 5.69 Å². The molecule has 2 heterocycles. The van der Waals surface area contributed by atoms with Gasteiger partial charge in [-0.3, -0.25) is 4.99 Å². The molecule has 0 saturated carbocycles. The second-order valence-electron chi connectivity index (χ2n) is 4.52. The van der Waals surface area contributed by atoms with Gasteiger partial charge in [0.1, 0.15) is 5.52 Å². The third-order valence-corrected chi connectivity index (χ3v) is 3.91. The van der Waals surface area contributed by atoms with Crippen LogP contribution in [-0.4, -0.2) is 36.8 Å². The minimum atomic E-state index is -5.93. The van der Waals surface area contributed by atoms with E-state index in [0.717, 1.165) is 23.0 Å². The molecule has 0 fully saturated rings. The number of alkyl halides is 3. The molecule has 8 nitrogen and oxygen atoms in total. The second kappa shape index (κ2) is 6.44. The summed E-state index contributed by atoms with van der Waals surface area (Å²) >= 11 is 0. The molecule has 0 radical (unpaired) electrons. The fourth-order valence-corrected chi connectivity index (χ4v) is 2.35. The largest absolute Gasteiger partial charge is 0.534 e. The molecule has 0 aliphatic heterocycles. The van der Waals surface area contributed by atoms with Crippen molar-refractivity contribution in [3.05, 3.63) is 41.6 Å². The monoisotopic (exact) mass is 373 g/mol. The molecule has 12 heteroatoms. The topological polar surface area (TPSA) is 103 Å². The van der Waals surface area contributed by atoms with E-state index < -0.39 is 21.4 Å². The average Bonchev–Trinajstić information content (AvgIpc) is 2.94. The number of pyridine rings is 1. The molecular formula is C13H10F3N5O3S. The van der Waals surface area contributed by atoms with Crippen LogP contribution in [-0.2, 0) is 10.1 Å². The third-order valence-electron chi connectivity index (χ3n) is 2.94. The second-order valence-corrected chi connectivity index (χ2v) is 6.06. The highest BCUT2D eigenvalue weighted by Crippen LogP contribution is 2.35. The van der Waals surface area contributed by atoms with Crippen molar-refractivity contribution in [2.45, 2.75) is 5.51 Å². The Morgan fingerprint density at radius 3 is 2.72 bits per heavy atom. The lowest BCUT2D eigenvalue weighted by molar-refractivity contribution is -0.0499. The van der Waals surface area contributed by atoms with Crippen molar-refractivity contribution < 1.29 is 25.8 Å². The van der Waals surface area contributed by atoms with Crippen LogP contribution in [0.2, 0.25) is 0 Å². The van der Waals surface area contributed by atoms with E-state index in [1.807, 2.05) is 0 Å². The van der Waals surface area contributed by atoms with Crippen LogP contribution < -0.4 is 9.92 Å². The number of aliphatic imine (C=N–C) groups is 1. The van der Waals surface area contributed by atoms with E-state index in [0.29, 0.717) is 0 Å². The van der Waals surface area contributed by atoms with Gasteiger partial charge in [0.15, 0.2) is 5.75 Å². The molecule has 2 rings (SSSR count). The van der Waals surface area contributed by atoms with Crippen LogP contribution in [0.4, 0.5) is 18.9 Å². The first-order chi connectivity index (χ1) is 11.6. The molecule has 0 amide bonds. The van der Waals surface area contributed by atoms with Crippen LogP contribution in [0.25, 0.3) is 15.9 Å². The zero-order valence-corrected chi connectivity index (χ0v) is 13.3. The quantitative estimate of drug-likeness (QED) is 0.383. The molecular weight excluding hydrogens is 363 g/mol. The highest BCUT2D eigenvalue weighted by Gasteiger charge is 2.49. The number of hydrogen-bond acceptors (Lipinski definition) is 6. The number of nitrogens with two attached hydrogens (primary N) is 1. The number of rotatable bonds is 4. The summed E-state index contributed by atoms with van der Waals surface area (Å²) in [6, 6.07) is 1.01. The maximum absolute atomic E-state index is 12.6. The molecule has 2 N–H and O–H groups in total. The van der Waals surface area contributed by atoms with Crippen molar-refractivity contribution >= 4 is 33.1 Å². The summed E-state index contributed by atoms with van der Waals surface area (Å²) in [5.41, 5.74) is -0.128. The predicted molar refractivity (Wildman–Crippen MR) is 83.6 cm³/mol. The third kappa shape index (κ3) is 3.41. The fraction of sp³-hybridized carbons (Fsp3) is 0.154. The number of halogens is 3. The summed E-state index contributed by atoms with van der Waals surface area (Å²) in [4.78, 5) is 6.83. The first-order valence-electron chi connectivity index (χ1n) is 6.38.